The predicted molar refractivity (Wildman–Crippen MR) is 99.0 cm³/mol. The summed E-state index contributed by atoms with van der Waals surface area (Å²) >= 11 is 1.51. The van der Waals surface area contributed by atoms with E-state index in [0.717, 1.165) is 16.5 Å². The van der Waals surface area contributed by atoms with Gasteiger partial charge in [-0.2, -0.15) is 0 Å². The Hall–Kier alpha value is -3.07. The lowest BCUT2D eigenvalue weighted by Gasteiger charge is -2.25. The molecule has 1 aromatic heterocycles. The standard InChI is InChI=1S/C18H16N4O4S/c1-21-17(16-10-25-14-4-2-3-5-15(14)26-16)19-20-18(21)27-11-12-6-8-13(9-7-12)22(23)24/h2-9,16H,10-11H2,1H3/t16-/m0/s1. The minimum Gasteiger partial charge on any atom is -0.485 e. The molecule has 2 heterocycles. The molecule has 138 valence electrons. The summed E-state index contributed by atoms with van der Waals surface area (Å²) in [6.45, 7) is 0.371. The largest absolute Gasteiger partial charge is 0.485 e. The van der Waals surface area contributed by atoms with Gasteiger partial charge in [-0.05, 0) is 17.7 Å². The molecule has 9 heteroatoms. The maximum atomic E-state index is 10.7. The minimum atomic E-state index is -0.406. The number of rotatable bonds is 5. The highest BCUT2D eigenvalue weighted by molar-refractivity contribution is 7.98. The first-order chi connectivity index (χ1) is 13.1. The molecule has 0 saturated heterocycles. The number of fused-ring (bicyclic) bond motifs is 1. The lowest BCUT2D eigenvalue weighted by atomic mass is 10.2. The van der Waals surface area contributed by atoms with Crippen LogP contribution in [0.4, 0.5) is 5.69 Å². The van der Waals surface area contributed by atoms with Crippen LogP contribution in [0.15, 0.2) is 53.7 Å². The molecule has 1 atom stereocenters. The third-order valence-corrected chi connectivity index (χ3v) is 5.27. The second kappa shape index (κ2) is 7.28. The first kappa shape index (κ1) is 17.3. The van der Waals surface area contributed by atoms with Gasteiger partial charge >= 0.3 is 0 Å². The van der Waals surface area contributed by atoms with Crippen LogP contribution in [0.3, 0.4) is 0 Å². The number of nitrogens with zero attached hydrogens (tertiary/aromatic N) is 4. The van der Waals surface area contributed by atoms with Gasteiger partial charge in [-0.15, -0.1) is 10.2 Å². The Kier molecular flexibility index (Phi) is 4.68. The number of nitro groups is 1. The molecule has 3 aromatic rings. The fourth-order valence-corrected chi connectivity index (χ4v) is 3.61. The second-order valence-electron chi connectivity index (χ2n) is 5.98. The van der Waals surface area contributed by atoms with Crippen molar-refractivity contribution in [1.29, 1.82) is 0 Å². The van der Waals surface area contributed by atoms with Crippen LogP contribution < -0.4 is 9.47 Å². The number of benzene rings is 2. The fourth-order valence-electron chi connectivity index (χ4n) is 2.74. The molecule has 0 aliphatic carbocycles. The molecule has 1 aliphatic rings. The molecule has 0 bridgehead atoms. The number of para-hydroxylation sites is 2. The van der Waals surface area contributed by atoms with E-state index in [-0.39, 0.29) is 11.8 Å². The van der Waals surface area contributed by atoms with Crippen molar-refractivity contribution in [1.82, 2.24) is 14.8 Å². The summed E-state index contributed by atoms with van der Waals surface area (Å²) in [7, 11) is 1.89. The van der Waals surface area contributed by atoms with Crippen LogP contribution in [0, 0.1) is 10.1 Å². The molecule has 2 aromatic carbocycles. The number of nitro benzene ring substituents is 1. The summed E-state index contributed by atoms with van der Waals surface area (Å²) in [4.78, 5) is 10.3. The van der Waals surface area contributed by atoms with E-state index in [9.17, 15) is 10.1 Å². The highest BCUT2D eigenvalue weighted by Crippen LogP contribution is 2.36. The molecule has 8 nitrogen and oxygen atoms in total. The number of hydrogen-bond donors (Lipinski definition) is 0. The van der Waals surface area contributed by atoms with Crippen LogP contribution in [0.5, 0.6) is 11.5 Å². The Morgan fingerprint density at radius 1 is 1.19 bits per heavy atom. The highest BCUT2D eigenvalue weighted by atomic mass is 32.2. The molecule has 27 heavy (non-hydrogen) atoms. The zero-order chi connectivity index (χ0) is 18.8. The van der Waals surface area contributed by atoms with Crippen molar-refractivity contribution in [3.63, 3.8) is 0 Å². The van der Waals surface area contributed by atoms with Crippen molar-refractivity contribution < 1.29 is 14.4 Å². The zero-order valence-corrected chi connectivity index (χ0v) is 15.3. The summed E-state index contributed by atoms with van der Waals surface area (Å²) in [5.74, 6) is 2.74. The number of hydrogen-bond acceptors (Lipinski definition) is 7. The van der Waals surface area contributed by atoms with Gasteiger partial charge in [0.1, 0.15) is 6.61 Å². The molecule has 0 saturated carbocycles. The Morgan fingerprint density at radius 3 is 2.67 bits per heavy atom. The summed E-state index contributed by atoms with van der Waals surface area (Å²) < 4.78 is 13.6. The van der Waals surface area contributed by atoms with E-state index in [0.29, 0.717) is 23.9 Å². The van der Waals surface area contributed by atoms with E-state index in [1.165, 1.54) is 23.9 Å². The molecule has 0 N–H and O–H groups in total. The third-order valence-electron chi connectivity index (χ3n) is 4.18. The molecule has 0 spiro atoms. The smallest absolute Gasteiger partial charge is 0.269 e. The van der Waals surface area contributed by atoms with Crippen molar-refractivity contribution in [2.75, 3.05) is 6.61 Å². The lowest BCUT2D eigenvalue weighted by Crippen LogP contribution is -2.24. The van der Waals surface area contributed by atoms with E-state index in [2.05, 4.69) is 10.2 Å². The van der Waals surface area contributed by atoms with E-state index in [1.54, 1.807) is 12.1 Å². The predicted octanol–water partition coefficient (Wildman–Crippen LogP) is 3.53. The Bertz CT molecular complexity index is 974. The monoisotopic (exact) mass is 384 g/mol. The Balaban J connectivity index is 1.44. The van der Waals surface area contributed by atoms with Crippen molar-refractivity contribution in [2.45, 2.75) is 17.0 Å². The van der Waals surface area contributed by atoms with Crippen LogP contribution in [0.1, 0.15) is 17.5 Å². The Morgan fingerprint density at radius 2 is 1.93 bits per heavy atom. The van der Waals surface area contributed by atoms with Gasteiger partial charge in [0.15, 0.2) is 28.6 Å². The fraction of sp³-hybridized carbons (Fsp3) is 0.222. The molecule has 0 radical (unpaired) electrons. The number of aromatic nitrogens is 3. The van der Waals surface area contributed by atoms with E-state index in [1.807, 2.05) is 35.9 Å². The van der Waals surface area contributed by atoms with Gasteiger partial charge in [0.2, 0.25) is 0 Å². The van der Waals surface area contributed by atoms with Gasteiger partial charge in [0, 0.05) is 24.9 Å². The molecule has 0 fully saturated rings. The van der Waals surface area contributed by atoms with Crippen LogP contribution >= 0.6 is 11.8 Å². The number of thioether (sulfide) groups is 1. The molecular formula is C18H16N4O4S. The van der Waals surface area contributed by atoms with Gasteiger partial charge in [-0.1, -0.05) is 36.0 Å². The van der Waals surface area contributed by atoms with Crippen molar-refractivity contribution in [3.05, 3.63) is 70.0 Å². The highest BCUT2D eigenvalue weighted by Gasteiger charge is 2.27. The maximum Gasteiger partial charge on any atom is 0.269 e. The quantitative estimate of drug-likeness (QED) is 0.377. The van der Waals surface area contributed by atoms with Crippen molar-refractivity contribution in [2.24, 2.45) is 7.05 Å². The SMILES string of the molecule is Cn1c(SCc2ccc([N+](=O)[O-])cc2)nnc1[C@@H]1COc2ccccc2O1. The summed E-state index contributed by atoms with van der Waals surface area (Å²) in [6, 6.07) is 14.0. The summed E-state index contributed by atoms with van der Waals surface area (Å²) in [6.07, 6.45) is -0.328. The van der Waals surface area contributed by atoms with Crippen LogP contribution in [-0.4, -0.2) is 26.3 Å². The van der Waals surface area contributed by atoms with Crippen molar-refractivity contribution >= 4 is 17.4 Å². The van der Waals surface area contributed by atoms with Crippen LogP contribution in [0.2, 0.25) is 0 Å². The number of ether oxygens (including phenoxy) is 2. The van der Waals surface area contributed by atoms with Gasteiger partial charge in [-0.25, -0.2) is 0 Å². The normalized spacial score (nSPS) is 15.5. The van der Waals surface area contributed by atoms with Gasteiger partial charge in [-0.3, -0.25) is 10.1 Å². The third kappa shape index (κ3) is 3.59. The first-order valence-corrected chi connectivity index (χ1v) is 9.24. The van der Waals surface area contributed by atoms with E-state index >= 15 is 0 Å². The van der Waals surface area contributed by atoms with Crippen LogP contribution in [0.25, 0.3) is 0 Å². The Labute approximate surface area is 159 Å². The topological polar surface area (TPSA) is 92.3 Å². The first-order valence-electron chi connectivity index (χ1n) is 8.26. The molecule has 4 rings (SSSR count). The van der Waals surface area contributed by atoms with Gasteiger partial charge in [0.25, 0.3) is 5.69 Å². The minimum absolute atomic E-state index is 0.0828. The molecule has 1 aliphatic heterocycles. The zero-order valence-electron chi connectivity index (χ0n) is 14.4. The summed E-state index contributed by atoms with van der Waals surface area (Å²) in [5, 5.41) is 20.0. The summed E-state index contributed by atoms with van der Waals surface area (Å²) in [5.41, 5.74) is 1.06. The second-order valence-corrected chi connectivity index (χ2v) is 6.92. The lowest BCUT2D eigenvalue weighted by molar-refractivity contribution is -0.384. The van der Waals surface area contributed by atoms with Gasteiger partial charge < -0.3 is 14.0 Å². The average Bonchev–Trinajstić information content (AvgIpc) is 3.06. The van der Waals surface area contributed by atoms with Gasteiger partial charge in [0.05, 0.1) is 4.92 Å². The van der Waals surface area contributed by atoms with E-state index in [4.69, 9.17) is 9.47 Å². The molecular weight excluding hydrogens is 368 g/mol. The van der Waals surface area contributed by atoms with E-state index < -0.39 is 4.92 Å². The van der Waals surface area contributed by atoms with Crippen LogP contribution in [-0.2, 0) is 12.8 Å². The van der Waals surface area contributed by atoms with Crippen molar-refractivity contribution in [3.8, 4) is 11.5 Å². The molecule has 0 amide bonds. The maximum absolute atomic E-state index is 10.7. The number of non-ortho nitro benzene ring substituents is 1. The molecule has 0 unspecified atom stereocenters. The average molecular weight is 384 g/mol.